The standard InChI is InChI=1S/C27H18ClF5N4O4/c28-16-13-14(34-27(38)20-8-7-19(41-20)15-3-1-2-4-17(15)37(39)40)5-6-18(16)35-9-11-36(12-10-35)26-24(32)22(30)21(29)23(31)25(26)33/h1-8,13H,9-12H2,(H,34,38). The van der Waals surface area contributed by atoms with E-state index in [1.807, 2.05) is 0 Å². The molecule has 14 heteroatoms. The zero-order chi connectivity index (χ0) is 29.4. The molecular weight excluding hydrogens is 575 g/mol. The fourth-order valence-electron chi connectivity index (χ4n) is 4.52. The molecule has 1 fully saturated rings. The molecule has 1 aliphatic rings. The first-order valence-electron chi connectivity index (χ1n) is 12.0. The van der Waals surface area contributed by atoms with Gasteiger partial charge in [-0.05, 0) is 36.4 Å². The van der Waals surface area contributed by atoms with Crippen LogP contribution < -0.4 is 15.1 Å². The van der Waals surface area contributed by atoms with E-state index in [1.165, 1.54) is 36.4 Å². The highest BCUT2D eigenvalue weighted by atomic mass is 35.5. The van der Waals surface area contributed by atoms with Crippen LogP contribution in [0.25, 0.3) is 11.3 Å². The van der Waals surface area contributed by atoms with Crippen molar-refractivity contribution in [2.45, 2.75) is 0 Å². The third kappa shape index (κ3) is 5.27. The van der Waals surface area contributed by atoms with Gasteiger partial charge in [-0.3, -0.25) is 14.9 Å². The summed E-state index contributed by atoms with van der Waals surface area (Å²) in [6.07, 6.45) is 0. The van der Waals surface area contributed by atoms with Crippen LogP contribution >= 0.6 is 11.6 Å². The molecule has 0 saturated carbocycles. The summed E-state index contributed by atoms with van der Waals surface area (Å²) in [5, 5.41) is 14.1. The molecule has 5 rings (SSSR count). The van der Waals surface area contributed by atoms with E-state index in [0.29, 0.717) is 11.4 Å². The highest BCUT2D eigenvalue weighted by Crippen LogP contribution is 2.34. The number of nitro benzene ring substituents is 1. The van der Waals surface area contributed by atoms with E-state index in [-0.39, 0.29) is 54.0 Å². The Bertz CT molecular complexity index is 1640. The van der Waals surface area contributed by atoms with Gasteiger partial charge in [-0.1, -0.05) is 23.7 Å². The molecule has 1 aliphatic heterocycles. The van der Waals surface area contributed by atoms with Crippen molar-refractivity contribution in [1.29, 1.82) is 0 Å². The third-order valence-electron chi connectivity index (χ3n) is 6.52. The summed E-state index contributed by atoms with van der Waals surface area (Å²) in [7, 11) is 0. The molecule has 0 unspecified atom stereocenters. The summed E-state index contributed by atoms with van der Waals surface area (Å²) in [6.45, 7) is 0.221. The van der Waals surface area contributed by atoms with E-state index in [9.17, 15) is 36.9 Å². The maximum Gasteiger partial charge on any atom is 0.291 e. The third-order valence-corrected chi connectivity index (χ3v) is 6.83. The highest BCUT2D eigenvalue weighted by Gasteiger charge is 2.31. The molecule has 0 spiro atoms. The number of piperazine rings is 1. The number of para-hydroxylation sites is 1. The van der Waals surface area contributed by atoms with Crippen LogP contribution in [0.1, 0.15) is 10.6 Å². The molecule has 0 radical (unpaired) electrons. The topological polar surface area (TPSA) is 91.9 Å². The van der Waals surface area contributed by atoms with Crippen LogP contribution in [0.2, 0.25) is 5.02 Å². The number of nitrogens with zero attached hydrogens (tertiary/aromatic N) is 3. The Morgan fingerprint density at radius 2 is 1.46 bits per heavy atom. The number of anilines is 3. The molecule has 0 bridgehead atoms. The minimum Gasteiger partial charge on any atom is -0.451 e. The van der Waals surface area contributed by atoms with E-state index >= 15 is 0 Å². The molecular formula is C27H18ClF5N4O4. The summed E-state index contributed by atoms with van der Waals surface area (Å²) >= 11 is 6.43. The minimum atomic E-state index is -2.21. The van der Waals surface area contributed by atoms with Gasteiger partial charge in [0.05, 0.1) is 21.2 Å². The van der Waals surface area contributed by atoms with Crippen molar-refractivity contribution in [2.75, 3.05) is 41.3 Å². The predicted octanol–water partition coefficient (Wildman–Crippen LogP) is 6.78. The quantitative estimate of drug-likeness (QED) is 0.0872. The number of nitro groups is 1. The van der Waals surface area contributed by atoms with Crippen molar-refractivity contribution in [2.24, 2.45) is 0 Å². The Balaban J connectivity index is 1.26. The van der Waals surface area contributed by atoms with Gasteiger partial charge in [-0.25, -0.2) is 22.0 Å². The number of amides is 1. The average Bonchev–Trinajstić information content (AvgIpc) is 3.46. The van der Waals surface area contributed by atoms with Crippen LogP contribution in [0.15, 0.2) is 59.0 Å². The number of hydrogen-bond acceptors (Lipinski definition) is 6. The van der Waals surface area contributed by atoms with Gasteiger partial charge in [-0.2, -0.15) is 0 Å². The summed E-state index contributed by atoms with van der Waals surface area (Å²) in [4.78, 5) is 26.3. The Labute approximate surface area is 233 Å². The van der Waals surface area contributed by atoms with Crippen molar-refractivity contribution < 1.29 is 36.1 Å². The summed E-state index contributed by atoms with van der Waals surface area (Å²) in [5.41, 5.74) is -0.104. The van der Waals surface area contributed by atoms with Crippen molar-refractivity contribution in [3.63, 3.8) is 0 Å². The number of halogens is 6. The Hall–Kier alpha value is -4.65. The van der Waals surface area contributed by atoms with E-state index in [4.69, 9.17) is 16.0 Å². The highest BCUT2D eigenvalue weighted by molar-refractivity contribution is 6.33. The minimum absolute atomic E-state index is 0.0480. The SMILES string of the molecule is O=C(Nc1ccc(N2CCN(c3c(F)c(F)c(F)c(F)c3F)CC2)c(Cl)c1)c1ccc(-c2ccccc2[N+](=O)[O-])o1. The van der Waals surface area contributed by atoms with Gasteiger partial charge in [0.1, 0.15) is 11.4 Å². The first-order chi connectivity index (χ1) is 19.6. The summed E-state index contributed by atoms with van der Waals surface area (Å²) in [5.74, 6) is -10.6. The maximum atomic E-state index is 14.2. The predicted molar refractivity (Wildman–Crippen MR) is 141 cm³/mol. The lowest BCUT2D eigenvalue weighted by Crippen LogP contribution is -2.47. The second-order valence-corrected chi connectivity index (χ2v) is 9.36. The number of carbonyl (C=O) groups excluding carboxylic acids is 1. The second kappa shape index (κ2) is 11.1. The number of rotatable bonds is 6. The molecule has 2 heterocycles. The summed E-state index contributed by atoms with van der Waals surface area (Å²) < 4.78 is 74.6. The molecule has 0 atom stereocenters. The maximum absolute atomic E-state index is 14.2. The Kier molecular flexibility index (Phi) is 7.54. The van der Waals surface area contributed by atoms with Gasteiger partial charge in [0.25, 0.3) is 11.6 Å². The lowest BCUT2D eigenvalue weighted by molar-refractivity contribution is -0.384. The number of benzene rings is 3. The number of furan rings is 1. The lowest BCUT2D eigenvalue weighted by Gasteiger charge is -2.38. The first kappa shape index (κ1) is 27.9. The van der Waals surface area contributed by atoms with Crippen molar-refractivity contribution in [3.05, 3.63) is 105 Å². The second-order valence-electron chi connectivity index (χ2n) is 8.95. The molecule has 1 saturated heterocycles. The smallest absolute Gasteiger partial charge is 0.291 e. The molecule has 3 aromatic carbocycles. The van der Waals surface area contributed by atoms with Crippen LogP contribution in [0.4, 0.5) is 44.7 Å². The monoisotopic (exact) mass is 592 g/mol. The van der Waals surface area contributed by atoms with Crippen LogP contribution in [-0.2, 0) is 0 Å². The Morgan fingerprint density at radius 3 is 2.10 bits per heavy atom. The van der Waals surface area contributed by atoms with Crippen LogP contribution in [0.5, 0.6) is 0 Å². The van der Waals surface area contributed by atoms with Crippen LogP contribution in [-0.4, -0.2) is 37.0 Å². The van der Waals surface area contributed by atoms with Gasteiger partial charge in [0.15, 0.2) is 29.0 Å². The molecule has 0 aliphatic carbocycles. The van der Waals surface area contributed by atoms with E-state index < -0.39 is 45.6 Å². The molecule has 4 aromatic rings. The van der Waals surface area contributed by atoms with Gasteiger partial charge in [-0.15, -0.1) is 0 Å². The largest absolute Gasteiger partial charge is 0.451 e. The number of nitrogens with one attached hydrogen (secondary N) is 1. The fourth-order valence-corrected chi connectivity index (χ4v) is 4.82. The zero-order valence-corrected chi connectivity index (χ0v) is 21.5. The molecule has 212 valence electrons. The van der Waals surface area contributed by atoms with Crippen molar-refractivity contribution in [1.82, 2.24) is 0 Å². The van der Waals surface area contributed by atoms with E-state index in [1.54, 1.807) is 23.1 Å². The van der Waals surface area contributed by atoms with Gasteiger partial charge >= 0.3 is 0 Å². The van der Waals surface area contributed by atoms with Crippen molar-refractivity contribution >= 4 is 40.3 Å². The number of carbonyl (C=O) groups is 1. The van der Waals surface area contributed by atoms with E-state index in [0.717, 1.165) is 4.90 Å². The molecule has 1 N–H and O–H groups in total. The molecule has 8 nitrogen and oxygen atoms in total. The normalized spacial score (nSPS) is 13.4. The number of hydrogen-bond donors (Lipinski definition) is 1. The zero-order valence-electron chi connectivity index (χ0n) is 20.8. The fraction of sp³-hybridized carbons (Fsp3) is 0.148. The van der Waals surface area contributed by atoms with Gasteiger partial charge in [0, 0.05) is 37.9 Å². The van der Waals surface area contributed by atoms with E-state index in [2.05, 4.69) is 5.32 Å². The Morgan fingerprint density at radius 1 is 0.854 bits per heavy atom. The molecule has 1 aromatic heterocycles. The average molecular weight is 593 g/mol. The first-order valence-corrected chi connectivity index (χ1v) is 12.4. The molecule has 41 heavy (non-hydrogen) atoms. The summed E-state index contributed by atoms with van der Waals surface area (Å²) in [6, 6.07) is 13.4. The molecule has 1 amide bonds. The lowest BCUT2D eigenvalue weighted by atomic mass is 10.1. The van der Waals surface area contributed by atoms with Gasteiger partial charge in [0.2, 0.25) is 5.82 Å². The van der Waals surface area contributed by atoms with Crippen LogP contribution in [0, 0.1) is 39.2 Å². The van der Waals surface area contributed by atoms with Gasteiger partial charge < -0.3 is 19.5 Å². The van der Waals surface area contributed by atoms with Crippen molar-refractivity contribution in [3.8, 4) is 11.3 Å². The van der Waals surface area contributed by atoms with Crippen LogP contribution in [0.3, 0.4) is 0 Å².